The molecule has 1 aliphatic heterocycles. The fourth-order valence-electron chi connectivity index (χ4n) is 2.05. The van der Waals surface area contributed by atoms with Gasteiger partial charge in [-0.05, 0) is 44.9 Å². The lowest BCUT2D eigenvalue weighted by Gasteiger charge is -1.92. The molecule has 1 nitrogen and oxygen atoms in total. The molecule has 1 aliphatic carbocycles. The van der Waals surface area contributed by atoms with Crippen LogP contribution in [0, 0.1) is 0 Å². The number of fused-ring (bicyclic) bond motifs is 1. The van der Waals surface area contributed by atoms with Gasteiger partial charge in [0.15, 0.2) is 0 Å². The summed E-state index contributed by atoms with van der Waals surface area (Å²) in [5.74, 6) is 0. The lowest BCUT2D eigenvalue weighted by molar-refractivity contribution is 0.354. The Labute approximate surface area is 86.8 Å². The SMILES string of the molecule is C1=C/CCCC2OC2CC/C=C/CC/1. The van der Waals surface area contributed by atoms with Crippen LogP contribution in [0.5, 0.6) is 0 Å². The van der Waals surface area contributed by atoms with Gasteiger partial charge in [-0.15, -0.1) is 0 Å². The molecule has 1 fully saturated rings. The van der Waals surface area contributed by atoms with Crippen LogP contribution in [-0.4, -0.2) is 12.2 Å². The van der Waals surface area contributed by atoms with Crippen molar-refractivity contribution in [1.29, 1.82) is 0 Å². The van der Waals surface area contributed by atoms with E-state index in [4.69, 9.17) is 4.74 Å². The van der Waals surface area contributed by atoms with Gasteiger partial charge in [-0.3, -0.25) is 0 Å². The molecule has 1 saturated heterocycles. The zero-order valence-electron chi connectivity index (χ0n) is 8.82. The van der Waals surface area contributed by atoms with Crippen LogP contribution in [-0.2, 0) is 4.74 Å². The van der Waals surface area contributed by atoms with Gasteiger partial charge >= 0.3 is 0 Å². The van der Waals surface area contributed by atoms with E-state index in [-0.39, 0.29) is 0 Å². The summed E-state index contributed by atoms with van der Waals surface area (Å²) in [7, 11) is 0. The van der Waals surface area contributed by atoms with Crippen molar-refractivity contribution >= 4 is 0 Å². The van der Waals surface area contributed by atoms with Crippen LogP contribution in [0.3, 0.4) is 0 Å². The molecule has 0 aromatic rings. The highest BCUT2D eigenvalue weighted by atomic mass is 16.6. The molecule has 2 atom stereocenters. The molecular formula is C13H20O. The normalized spacial score (nSPS) is 38.3. The maximum atomic E-state index is 5.60. The van der Waals surface area contributed by atoms with Gasteiger partial charge in [-0.1, -0.05) is 24.3 Å². The number of rotatable bonds is 0. The molecule has 1 heteroatoms. The second-order valence-electron chi connectivity index (χ2n) is 4.24. The first kappa shape index (κ1) is 9.97. The van der Waals surface area contributed by atoms with E-state index < -0.39 is 0 Å². The molecule has 0 saturated carbocycles. The summed E-state index contributed by atoms with van der Waals surface area (Å²) >= 11 is 0. The highest BCUT2D eigenvalue weighted by Gasteiger charge is 2.36. The Hall–Kier alpha value is -0.560. The Bertz CT molecular complexity index is 217. The van der Waals surface area contributed by atoms with Crippen molar-refractivity contribution in [3.8, 4) is 0 Å². The topological polar surface area (TPSA) is 12.5 Å². The van der Waals surface area contributed by atoms with Gasteiger partial charge in [0.05, 0.1) is 12.2 Å². The predicted molar refractivity (Wildman–Crippen MR) is 59.3 cm³/mol. The molecule has 2 rings (SSSR count). The average Bonchev–Trinajstić information content (AvgIpc) is 2.92. The number of hydrogen-bond acceptors (Lipinski definition) is 1. The molecule has 0 radical (unpaired) electrons. The molecule has 0 amide bonds. The van der Waals surface area contributed by atoms with Crippen molar-refractivity contribution in [3.05, 3.63) is 24.3 Å². The first-order valence-corrected chi connectivity index (χ1v) is 5.92. The molecule has 0 bridgehead atoms. The van der Waals surface area contributed by atoms with Gasteiger partial charge in [0.25, 0.3) is 0 Å². The molecule has 1 heterocycles. The maximum absolute atomic E-state index is 5.60. The fourth-order valence-corrected chi connectivity index (χ4v) is 2.05. The molecule has 2 unspecified atom stereocenters. The summed E-state index contributed by atoms with van der Waals surface area (Å²) in [5.41, 5.74) is 0. The molecule has 0 aromatic carbocycles. The highest BCUT2D eigenvalue weighted by molar-refractivity contribution is 4.93. The van der Waals surface area contributed by atoms with E-state index in [1.807, 2.05) is 0 Å². The van der Waals surface area contributed by atoms with Crippen molar-refractivity contribution < 1.29 is 4.74 Å². The minimum absolute atomic E-state index is 0.587. The Balaban J connectivity index is 1.76. The summed E-state index contributed by atoms with van der Waals surface area (Å²) in [6.45, 7) is 0. The second kappa shape index (κ2) is 5.35. The van der Waals surface area contributed by atoms with Crippen LogP contribution in [0.2, 0.25) is 0 Å². The Kier molecular flexibility index (Phi) is 3.81. The van der Waals surface area contributed by atoms with E-state index in [2.05, 4.69) is 24.3 Å². The number of epoxide rings is 1. The molecule has 14 heavy (non-hydrogen) atoms. The standard InChI is InChI=1S/C13H20O/c1-2-4-6-8-10-12-13(14-12)11-9-7-5-3-1/h2,4-5,7,12-13H,1,3,6,8-11H2/b4-2+,7-5+. The largest absolute Gasteiger partial charge is 0.370 e. The van der Waals surface area contributed by atoms with Crippen LogP contribution < -0.4 is 0 Å². The minimum atomic E-state index is 0.587. The lowest BCUT2D eigenvalue weighted by Crippen LogP contribution is -1.93. The van der Waals surface area contributed by atoms with Gasteiger partial charge in [0, 0.05) is 0 Å². The van der Waals surface area contributed by atoms with Crippen LogP contribution in [0.15, 0.2) is 24.3 Å². The maximum Gasteiger partial charge on any atom is 0.0844 e. The molecule has 2 aliphatic rings. The van der Waals surface area contributed by atoms with Crippen LogP contribution >= 0.6 is 0 Å². The van der Waals surface area contributed by atoms with E-state index in [0.29, 0.717) is 12.2 Å². The van der Waals surface area contributed by atoms with Crippen molar-refractivity contribution in [3.63, 3.8) is 0 Å². The average molecular weight is 192 g/mol. The van der Waals surface area contributed by atoms with E-state index in [1.54, 1.807) is 0 Å². The molecule has 0 aromatic heterocycles. The number of allylic oxidation sites excluding steroid dienone is 4. The van der Waals surface area contributed by atoms with Gasteiger partial charge in [0.1, 0.15) is 0 Å². The van der Waals surface area contributed by atoms with Crippen molar-refractivity contribution in [2.75, 3.05) is 0 Å². The quantitative estimate of drug-likeness (QED) is 0.422. The van der Waals surface area contributed by atoms with E-state index in [9.17, 15) is 0 Å². The van der Waals surface area contributed by atoms with Gasteiger partial charge in [0.2, 0.25) is 0 Å². The van der Waals surface area contributed by atoms with Crippen molar-refractivity contribution in [2.24, 2.45) is 0 Å². The first-order chi connectivity index (χ1) is 6.97. The third-order valence-electron chi connectivity index (χ3n) is 3.00. The summed E-state index contributed by atoms with van der Waals surface area (Å²) in [5, 5.41) is 0. The summed E-state index contributed by atoms with van der Waals surface area (Å²) in [6, 6.07) is 0. The predicted octanol–water partition coefficient (Wildman–Crippen LogP) is 3.61. The lowest BCUT2D eigenvalue weighted by atomic mass is 10.1. The third-order valence-corrected chi connectivity index (χ3v) is 3.00. The molecule has 0 N–H and O–H groups in total. The van der Waals surface area contributed by atoms with E-state index >= 15 is 0 Å². The Morgan fingerprint density at radius 1 is 0.714 bits per heavy atom. The highest BCUT2D eigenvalue weighted by Crippen LogP contribution is 2.31. The van der Waals surface area contributed by atoms with Gasteiger partial charge < -0.3 is 4.74 Å². The molecular weight excluding hydrogens is 172 g/mol. The zero-order valence-corrected chi connectivity index (χ0v) is 8.82. The minimum Gasteiger partial charge on any atom is -0.370 e. The summed E-state index contributed by atoms with van der Waals surface area (Å²) < 4.78 is 5.60. The third kappa shape index (κ3) is 3.30. The van der Waals surface area contributed by atoms with Crippen molar-refractivity contribution in [2.45, 2.75) is 57.2 Å². The van der Waals surface area contributed by atoms with Gasteiger partial charge in [-0.25, -0.2) is 0 Å². The molecule has 78 valence electrons. The first-order valence-electron chi connectivity index (χ1n) is 5.92. The van der Waals surface area contributed by atoms with Crippen LogP contribution in [0.1, 0.15) is 44.9 Å². The summed E-state index contributed by atoms with van der Waals surface area (Å²) in [6.07, 6.45) is 19.1. The van der Waals surface area contributed by atoms with Gasteiger partial charge in [-0.2, -0.15) is 0 Å². The fraction of sp³-hybridized carbons (Fsp3) is 0.692. The van der Waals surface area contributed by atoms with Crippen LogP contribution in [0.25, 0.3) is 0 Å². The Morgan fingerprint density at radius 3 is 2.21 bits per heavy atom. The summed E-state index contributed by atoms with van der Waals surface area (Å²) in [4.78, 5) is 0. The second-order valence-corrected chi connectivity index (χ2v) is 4.24. The monoisotopic (exact) mass is 192 g/mol. The number of hydrogen-bond donors (Lipinski definition) is 0. The zero-order chi connectivity index (χ0) is 9.64. The van der Waals surface area contributed by atoms with E-state index in [0.717, 1.165) is 0 Å². The Morgan fingerprint density at radius 2 is 1.36 bits per heavy atom. The number of ether oxygens (including phenoxy) is 1. The molecule has 0 spiro atoms. The smallest absolute Gasteiger partial charge is 0.0844 e. The van der Waals surface area contributed by atoms with Crippen LogP contribution in [0.4, 0.5) is 0 Å². The van der Waals surface area contributed by atoms with E-state index in [1.165, 1.54) is 44.9 Å². The van der Waals surface area contributed by atoms with Crippen molar-refractivity contribution in [1.82, 2.24) is 0 Å².